The summed E-state index contributed by atoms with van der Waals surface area (Å²) in [7, 11) is 0. The molecule has 108 valence electrons. The van der Waals surface area contributed by atoms with Crippen molar-refractivity contribution in [1.82, 2.24) is 0 Å². The number of aromatic hydroxyl groups is 1. The number of hydrogen-bond donors (Lipinski definition) is 2. The van der Waals surface area contributed by atoms with Crippen LogP contribution in [0.25, 0.3) is 0 Å². The fraction of sp³-hybridized carbons (Fsp3) is 0.176. The molecule has 1 aromatic carbocycles. The van der Waals surface area contributed by atoms with Gasteiger partial charge in [-0.1, -0.05) is 12.1 Å². The zero-order chi connectivity index (χ0) is 14.7. The molecule has 3 rings (SSSR count). The van der Waals surface area contributed by atoms with Crippen molar-refractivity contribution in [2.24, 2.45) is 0 Å². The lowest BCUT2D eigenvalue weighted by Crippen LogP contribution is -2.12. The Morgan fingerprint density at radius 2 is 1.90 bits per heavy atom. The third kappa shape index (κ3) is 3.46. The normalized spacial score (nSPS) is 12.2. The van der Waals surface area contributed by atoms with Crippen molar-refractivity contribution in [3.8, 4) is 5.75 Å². The van der Waals surface area contributed by atoms with Crippen molar-refractivity contribution in [1.29, 1.82) is 0 Å². The third-order valence-corrected chi connectivity index (χ3v) is 5.30. The van der Waals surface area contributed by atoms with Crippen molar-refractivity contribution in [3.63, 3.8) is 0 Å². The summed E-state index contributed by atoms with van der Waals surface area (Å²) in [6.07, 6.45) is 0.971. The number of aryl methyl sites for hydroxylation is 1. The van der Waals surface area contributed by atoms with Crippen LogP contribution in [0.1, 0.15) is 21.4 Å². The SMILES string of the molecule is Cc1cc(O)ccc1NC(Cc1cccs1)c1cccs1. The molecular weight excluding hydrogens is 298 g/mol. The van der Waals surface area contributed by atoms with Crippen LogP contribution in [0.15, 0.2) is 53.2 Å². The van der Waals surface area contributed by atoms with Crippen LogP contribution in [0.2, 0.25) is 0 Å². The third-order valence-electron chi connectivity index (χ3n) is 3.41. The molecule has 0 aliphatic carbocycles. The summed E-state index contributed by atoms with van der Waals surface area (Å²) in [6, 6.07) is 14.3. The highest BCUT2D eigenvalue weighted by atomic mass is 32.1. The molecule has 0 amide bonds. The van der Waals surface area contributed by atoms with Gasteiger partial charge >= 0.3 is 0 Å². The van der Waals surface area contributed by atoms with Gasteiger partial charge in [0.15, 0.2) is 0 Å². The highest BCUT2D eigenvalue weighted by molar-refractivity contribution is 7.10. The summed E-state index contributed by atoms with van der Waals surface area (Å²) in [4.78, 5) is 2.70. The van der Waals surface area contributed by atoms with E-state index in [2.05, 4.69) is 40.3 Å². The zero-order valence-electron chi connectivity index (χ0n) is 11.7. The first-order valence-corrected chi connectivity index (χ1v) is 8.60. The van der Waals surface area contributed by atoms with Crippen LogP contribution in [-0.4, -0.2) is 5.11 Å². The lowest BCUT2D eigenvalue weighted by atomic mass is 10.1. The van der Waals surface area contributed by atoms with Gasteiger partial charge in [-0.3, -0.25) is 0 Å². The monoisotopic (exact) mass is 315 g/mol. The molecule has 0 spiro atoms. The lowest BCUT2D eigenvalue weighted by molar-refractivity contribution is 0.475. The largest absolute Gasteiger partial charge is 0.508 e. The molecule has 2 N–H and O–H groups in total. The van der Waals surface area contributed by atoms with Gasteiger partial charge in [-0.2, -0.15) is 0 Å². The van der Waals surface area contributed by atoms with Crippen LogP contribution in [0.5, 0.6) is 5.75 Å². The van der Waals surface area contributed by atoms with Gasteiger partial charge in [0.05, 0.1) is 6.04 Å². The Balaban J connectivity index is 1.85. The molecule has 2 nitrogen and oxygen atoms in total. The predicted molar refractivity (Wildman–Crippen MR) is 91.5 cm³/mol. The average Bonchev–Trinajstić information content (AvgIpc) is 3.13. The average molecular weight is 315 g/mol. The van der Waals surface area contributed by atoms with E-state index in [4.69, 9.17) is 0 Å². The maximum absolute atomic E-state index is 9.54. The molecule has 0 aliphatic heterocycles. The van der Waals surface area contributed by atoms with Gasteiger partial charge in [0.2, 0.25) is 0 Å². The zero-order valence-corrected chi connectivity index (χ0v) is 13.4. The molecule has 0 bridgehead atoms. The summed E-state index contributed by atoms with van der Waals surface area (Å²) in [5.74, 6) is 0.309. The summed E-state index contributed by atoms with van der Waals surface area (Å²) in [5.41, 5.74) is 2.13. The van der Waals surface area contributed by atoms with Crippen molar-refractivity contribution >= 4 is 28.4 Å². The maximum atomic E-state index is 9.54. The van der Waals surface area contributed by atoms with E-state index in [0.29, 0.717) is 5.75 Å². The second-order valence-corrected chi connectivity index (χ2v) is 7.01. The van der Waals surface area contributed by atoms with Gasteiger partial charge in [0.1, 0.15) is 5.75 Å². The molecule has 0 saturated carbocycles. The minimum absolute atomic E-state index is 0.256. The number of nitrogens with one attached hydrogen (secondary N) is 1. The number of phenols is 1. The van der Waals surface area contributed by atoms with Crippen LogP contribution in [0.3, 0.4) is 0 Å². The minimum Gasteiger partial charge on any atom is -0.508 e. The Morgan fingerprint density at radius 1 is 1.10 bits per heavy atom. The van der Waals surface area contributed by atoms with Gasteiger partial charge in [-0.05, 0) is 53.6 Å². The van der Waals surface area contributed by atoms with E-state index in [1.807, 2.05) is 13.0 Å². The molecule has 4 heteroatoms. The van der Waals surface area contributed by atoms with Crippen LogP contribution >= 0.6 is 22.7 Å². The van der Waals surface area contributed by atoms with E-state index < -0.39 is 0 Å². The summed E-state index contributed by atoms with van der Waals surface area (Å²) >= 11 is 3.56. The van der Waals surface area contributed by atoms with Crippen molar-refractivity contribution in [2.45, 2.75) is 19.4 Å². The molecule has 1 atom stereocenters. The standard InChI is InChI=1S/C17H17NOS2/c1-12-10-13(19)6-7-15(12)18-16(17-5-3-9-21-17)11-14-4-2-8-20-14/h2-10,16,18-19H,11H2,1H3. The Kier molecular flexibility index (Phi) is 4.27. The first-order valence-electron chi connectivity index (χ1n) is 6.84. The Bertz CT molecular complexity index is 690. The van der Waals surface area contributed by atoms with E-state index >= 15 is 0 Å². The van der Waals surface area contributed by atoms with E-state index in [1.165, 1.54) is 9.75 Å². The second-order valence-electron chi connectivity index (χ2n) is 5.00. The quantitative estimate of drug-likeness (QED) is 0.633. The van der Waals surface area contributed by atoms with Gasteiger partial charge in [0.25, 0.3) is 0 Å². The first-order chi connectivity index (χ1) is 10.2. The Hall–Kier alpha value is -1.78. The fourth-order valence-corrected chi connectivity index (χ4v) is 3.87. The molecule has 2 aromatic heterocycles. The summed E-state index contributed by atoms with van der Waals surface area (Å²) in [5, 5.41) is 17.4. The van der Waals surface area contributed by atoms with Crippen molar-refractivity contribution in [3.05, 3.63) is 68.5 Å². The summed E-state index contributed by atoms with van der Waals surface area (Å²) < 4.78 is 0. The van der Waals surface area contributed by atoms with Crippen molar-refractivity contribution < 1.29 is 5.11 Å². The van der Waals surface area contributed by atoms with E-state index in [1.54, 1.807) is 34.8 Å². The van der Waals surface area contributed by atoms with Crippen LogP contribution in [0.4, 0.5) is 5.69 Å². The molecule has 1 unspecified atom stereocenters. The number of phenolic OH excluding ortho intramolecular Hbond substituents is 1. The van der Waals surface area contributed by atoms with Crippen LogP contribution < -0.4 is 5.32 Å². The van der Waals surface area contributed by atoms with Gasteiger partial charge in [-0.15, -0.1) is 22.7 Å². The Morgan fingerprint density at radius 3 is 2.57 bits per heavy atom. The molecule has 0 fully saturated rings. The van der Waals surface area contributed by atoms with Gasteiger partial charge in [-0.25, -0.2) is 0 Å². The second kappa shape index (κ2) is 6.33. The minimum atomic E-state index is 0.256. The van der Waals surface area contributed by atoms with Crippen molar-refractivity contribution in [2.75, 3.05) is 5.32 Å². The van der Waals surface area contributed by atoms with Gasteiger partial charge in [0, 0.05) is 21.9 Å². The van der Waals surface area contributed by atoms with Crippen LogP contribution in [0, 0.1) is 6.92 Å². The number of rotatable bonds is 5. The van der Waals surface area contributed by atoms with E-state index in [0.717, 1.165) is 17.7 Å². The topological polar surface area (TPSA) is 32.3 Å². The molecule has 0 aliphatic rings. The first kappa shape index (κ1) is 14.2. The maximum Gasteiger partial charge on any atom is 0.115 e. The number of benzene rings is 1. The highest BCUT2D eigenvalue weighted by Crippen LogP contribution is 2.30. The molecular formula is C17H17NOS2. The fourth-order valence-electron chi connectivity index (χ4n) is 2.34. The molecule has 21 heavy (non-hydrogen) atoms. The number of thiophene rings is 2. The number of hydrogen-bond acceptors (Lipinski definition) is 4. The smallest absolute Gasteiger partial charge is 0.115 e. The molecule has 3 aromatic rings. The lowest BCUT2D eigenvalue weighted by Gasteiger charge is -2.20. The molecule has 0 saturated heterocycles. The van der Waals surface area contributed by atoms with Crippen LogP contribution in [-0.2, 0) is 6.42 Å². The Labute approximate surface area is 132 Å². The molecule has 2 heterocycles. The van der Waals surface area contributed by atoms with Gasteiger partial charge < -0.3 is 10.4 Å². The summed E-state index contributed by atoms with van der Waals surface area (Å²) in [6.45, 7) is 2.01. The number of anilines is 1. The van der Waals surface area contributed by atoms with E-state index in [-0.39, 0.29) is 6.04 Å². The highest BCUT2D eigenvalue weighted by Gasteiger charge is 2.15. The molecule has 0 radical (unpaired) electrons. The predicted octanol–water partition coefficient (Wildman–Crippen LogP) is 5.22. The van der Waals surface area contributed by atoms with E-state index in [9.17, 15) is 5.11 Å².